The third-order valence-electron chi connectivity index (χ3n) is 1.97. The molecule has 4 N–H and O–H groups in total. The number of carboxylic acid groups (broad SMARTS) is 1. The normalized spacial score (nSPS) is 17.2. The molecule has 76 valence electrons. The molecular weight excluding hydrogens is 172 g/mol. The number of hydrogen-bond donors (Lipinski definition) is 3. The van der Waals surface area contributed by atoms with Crippen molar-refractivity contribution in [3.63, 3.8) is 0 Å². The van der Waals surface area contributed by atoms with Crippen molar-refractivity contribution in [2.75, 3.05) is 0 Å². The molecule has 0 radical (unpaired) electrons. The van der Waals surface area contributed by atoms with Crippen LogP contribution in [0.25, 0.3) is 0 Å². The Morgan fingerprint density at radius 3 is 2.38 bits per heavy atom. The second-order valence-corrected chi connectivity index (χ2v) is 3.30. The first-order valence-corrected chi connectivity index (χ1v) is 4.14. The minimum absolute atomic E-state index is 0.440. The molecule has 5 heteroatoms. The third-order valence-corrected chi connectivity index (χ3v) is 1.97. The number of carbonyl (C=O) groups is 2. The summed E-state index contributed by atoms with van der Waals surface area (Å²) < 4.78 is 0. The first-order valence-electron chi connectivity index (χ1n) is 4.14. The summed E-state index contributed by atoms with van der Waals surface area (Å²) in [7, 11) is 0. The smallest absolute Gasteiger partial charge is 0.325 e. The van der Waals surface area contributed by atoms with Crippen molar-refractivity contribution in [3.8, 4) is 0 Å². The maximum Gasteiger partial charge on any atom is 0.325 e. The largest absolute Gasteiger partial charge is 0.480 e. The fraction of sp³-hybridized carbons (Fsp3) is 0.750. The highest BCUT2D eigenvalue weighted by Crippen LogP contribution is 2.04. The minimum atomic E-state index is -1.07. The van der Waals surface area contributed by atoms with Gasteiger partial charge in [-0.25, -0.2) is 0 Å². The van der Waals surface area contributed by atoms with Crippen LogP contribution < -0.4 is 11.1 Å². The molecule has 13 heavy (non-hydrogen) atoms. The van der Waals surface area contributed by atoms with Gasteiger partial charge in [-0.1, -0.05) is 6.92 Å². The number of hydrogen-bond acceptors (Lipinski definition) is 3. The molecule has 5 nitrogen and oxygen atoms in total. The molecule has 0 aliphatic rings. The topological polar surface area (TPSA) is 92.4 Å². The highest BCUT2D eigenvalue weighted by Gasteiger charge is 2.28. The van der Waals surface area contributed by atoms with Crippen LogP contribution in [-0.4, -0.2) is 28.6 Å². The van der Waals surface area contributed by atoms with E-state index in [4.69, 9.17) is 10.8 Å². The molecule has 0 bridgehead atoms. The Morgan fingerprint density at radius 2 is 2.08 bits per heavy atom. The van der Waals surface area contributed by atoms with Crippen LogP contribution in [-0.2, 0) is 9.59 Å². The van der Waals surface area contributed by atoms with E-state index in [1.54, 1.807) is 13.8 Å². The lowest BCUT2D eigenvalue weighted by Crippen LogP contribution is -2.54. The van der Waals surface area contributed by atoms with Crippen molar-refractivity contribution < 1.29 is 14.7 Å². The summed E-state index contributed by atoms with van der Waals surface area (Å²) >= 11 is 0. The molecule has 0 rings (SSSR count). The van der Waals surface area contributed by atoms with Gasteiger partial charge in [0.2, 0.25) is 5.91 Å². The fourth-order valence-electron chi connectivity index (χ4n) is 0.584. The first-order chi connectivity index (χ1) is 5.81. The highest BCUT2D eigenvalue weighted by atomic mass is 16.4. The predicted octanol–water partition coefficient (Wildman–Crippen LogP) is -0.297. The number of amides is 1. The average Bonchev–Trinajstić information content (AvgIpc) is 2.04. The van der Waals surface area contributed by atoms with E-state index in [1.807, 2.05) is 0 Å². The van der Waals surface area contributed by atoms with Crippen LogP contribution >= 0.6 is 0 Å². The fourth-order valence-corrected chi connectivity index (χ4v) is 0.584. The quantitative estimate of drug-likeness (QED) is 0.565. The van der Waals surface area contributed by atoms with Crippen LogP contribution in [0.4, 0.5) is 0 Å². The van der Waals surface area contributed by atoms with Gasteiger partial charge in [-0.3, -0.25) is 9.59 Å². The summed E-state index contributed by atoms with van der Waals surface area (Å²) in [5.74, 6) is -1.51. The van der Waals surface area contributed by atoms with Crippen molar-refractivity contribution in [2.24, 2.45) is 5.73 Å². The van der Waals surface area contributed by atoms with Crippen molar-refractivity contribution in [1.82, 2.24) is 5.32 Å². The molecule has 0 saturated heterocycles. The number of aliphatic carboxylic acids is 1. The summed E-state index contributed by atoms with van der Waals surface area (Å²) in [6.45, 7) is 4.73. The molecule has 0 aromatic rings. The molecular formula is C8H16N2O3. The van der Waals surface area contributed by atoms with Gasteiger partial charge in [-0.2, -0.15) is 0 Å². The van der Waals surface area contributed by atoms with Gasteiger partial charge in [-0.05, 0) is 20.3 Å². The van der Waals surface area contributed by atoms with Crippen LogP contribution in [0.2, 0.25) is 0 Å². The summed E-state index contributed by atoms with van der Waals surface area (Å²) in [5, 5.41) is 10.8. The Labute approximate surface area is 77.3 Å². The van der Waals surface area contributed by atoms with E-state index in [9.17, 15) is 9.59 Å². The third kappa shape index (κ3) is 3.42. The molecule has 1 amide bonds. The second kappa shape index (κ2) is 4.23. The standard InChI is InChI=1S/C8H16N2O3/c1-4-8(3,9)7(13)10-5(2)6(11)12/h5H,4,9H2,1-3H3,(H,10,13)(H,11,12)/t5-,8?/m1/s1. The Hall–Kier alpha value is -1.10. The van der Waals surface area contributed by atoms with Crippen molar-refractivity contribution >= 4 is 11.9 Å². The van der Waals surface area contributed by atoms with Crippen molar-refractivity contribution in [1.29, 1.82) is 0 Å². The van der Waals surface area contributed by atoms with E-state index in [2.05, 4.69) is 5.32 Å². The lowest BCUT2D eigenvalue weighted by atomic mass is 9.99. The van der Waals surface area contributed by atoms with E-state index in [1.165, 1.54) is 6.92 Å². The monoisotopic (exact) mass is 188 g/mol. The van der Waals surface area contributed by atoms with Gasteiger partial charge in [0, 0.05) is 0 Å². The summed E-state index contributed by atoms with van der Waals surface area (Å²) in [5.41, 5.74) is 4.61. The lowest BCUT2D eigenvalue weighted by molar-refractivity contribution is -0.142. The molecule has 0 aliphatic heterocycles. The first kappa shape index (κ1) is 11.9. The molecule has 2 atom stereocenters. The zero-order valence-corrected chi connectivity index (χ0v) is 8.13. The van der Waals surface area contributed by atoms with E-state index in [0.717, 1.165) is 0 Å². The molecule has 0 aliphatic carbocycles. The van der Waals surface area contributed by atoms with Crippen LogP contribution in [0.15, 0.2) is 0 Å². The van der Waals surface area contributed by atoms with Crippen LogP contribution in [0.5, 0.6) is 0 Å². The average molecular weight is 188 g/mol. The summed E-state index contributed by atoms with van der Waals surface area (Å²) in [6, 6.07) is -0.901. The molecule has 0 aromatic carbocycles. The van der Waals surface area contributed by atoms with Crippen molar-refractivity contribution in [3.05, 3.63) is 0 Å². The van der Waals surface area contributed by atoms with Crippen LogP contribution in [0.1, 0.15) is 27.2 Å². The molecule has 0 fully saturated rings. The maximum atomic E-state index is 11.3. The summed E-state index contributed by atoms with van der Waals surface area (Å²) in [6.07, 6.45) is 0.463. The Morgan fingerprint density at radius 1 is 1.62 bits per heavy atom. The number of nitrogens with one attached hydrogen (secondary N) is 1. The van der Waals surface area contributed by atoms with E-state index in [0.29, 0.717) is 6.42 Å². The molecule has 0 spiro atoms. The Balaban J connectivity index is 4.23. The predicted molar refractivity (Wildman–Crippen MR) is 48.1 cm³/mol. The Bertz CT molecular complexity index is 213. The zero-order chi connectivity index (χ0) is 10.6. The highest BCUT2D eigenvalue weighted by molar-refractivity contribution is 5.89. The lowest BCUT2D eigenvalue weighted by Gasteiger charge is -2.22. The maximum absolute atomic E-state index is 11.3. The van der Waals surface area contributed by atoms with Gasteiger partial charge in [0.15, 0.2) is 0 Å². The number of carbonyl (C=O) groups excluding carboxylic acids is 1. The van der Waals surface area contributed by atoms with E-state index >= 15 is 0 Å². The second-order valence-electron chi connectivity index (χ2n) is 3.30. The number of nitrogens with two attached hydrogens (primary N) is 1. The van der Waals surface area contributed by atoms with Gasteiger partial charge in [-0.15, -0.1) is 0 Å². The van der Waals surface area contributed by atoms with Gasteiger partial charge in [0.25, 0.3) is 0 Å². The molecule has 0 saturated carbocycles. The van der Waals surface area contributed by atoms with Gasteiger partial charge < -0.3 is 16.2 Å². The molecule has 1 unspecified atom stereocenters. The zero-order valence-electron chi connectivity index (χ0n) is 8.13. The van der Waals surface area contributed by atoms with E-state index in [-0.39, 0.29) is 0 Å². The van der Waals surface area contributed by atoms with Gasteiger partial charge in [0.1, 0.15) is 6.04 Å². The van der Waals surface area contributed by atoms with Crippen LogP contribution in [0, 0.1) is 0 Å². The van der Waals surface area contributed by atoms with E-state index < -0.39 is 23.5 Å². The number of carboxylic acids is 1. The molecule has 0 heterocycles. The van der Waals surface area contributed by atoms with Gasteiger partial charge in [0.05, 0.1) is 5.54 Å². The Kier molecular flexibility index (Phi) is 3.87. The summed E-state index contributed by atoms with van der Waals surface area (Å²) in [4.78, 5) is 21.7. The van der Waals surface area contributed by atoms with Gasteiger partial charge >= 0.3 is 5.97 Å². The minimum Gasteiger partial charge on any atom is -0.480 e. The SMILES string of the molecule is CCC(C)(N)C(=O)N[C@H](C)C(=O)O. The van der Waals surface area contributed by atoms with Crippen LogP contribution in [0.3, 0.4) is 0 Å². The molecule has 0 aromatic heterocycles. The number of rotatable bonds is 4. The van der Waals surface area contributed by atoms with Crippen molar-refractivity contribution in [2.45, 2.75) is 38.8 Å².